The average molecular weight is 391 g/mol. The van der Waals surface area contributed by atoms with E-state index in [1.54, 1.807) is 0 Å². The van der Waals surface area contributed by atoms with Crippen LogP contribution in [0, 0.1) is 0 Å². The fourth-order valence-corrected chi connectivity index (χ4v) is 3.17. The minimum Gasteiger partial charge on any atom is -0.307 e. The van der Waals surface area contributed by atoms with Crippen LogP contribution < -0.4 is 16.0 Å². The monoisotopic (exact) mass is 390 g/mol. The predicted octanol–water partition coefficient (Wildman–Crippen LogP) is 2.14. The van der Waals surface area contributed by atoms with Crippen LogP contribution in [-0.2, 0) is 10.0 Å². The number of sulfonamides is 1. The summed E-state index contributed by atoms with van der Waals surface area (Å²) >= 11 is 3.08. The van der Waals surface area contributed by atoms with Crippen molar-refractivity contribution in [1.82, 2.24) is 9.71 Å². The highest BCUT2D eigenvalue weighted by Gasteiger charge is 2.26. The molecule has 0 aliphatic carbocycles. The van der Waals surface area contributed by atoms with Crippen molar-refractivity contribution in [2.75, 3.05) is 12.0 Å². The van der Waals surface area contributed by atoms with Gasteiger partial charge in [0.2, 0.25) is 10.0 Å². The first-order valence-corrected chi connectivity index (χ1v) is 8.12. The number of pyridine rings is 1. The van der Waals surface area contributed by atoms with Crippen LogP contribution >= 0.6 is 15.9 Å². The van der Waals surface area contributed by atoms with E-state index in [4.69, 9.17) is 5.84 Å². The average Bonchev–Trinajstić information content (AvgIpc) is 2.36. The van der Waals surface area contributed by atoms with Crippen molar-refractivity contribution in [3.05, 3.63) is 16.7 Å². The molecule has 0 spiro atoms. The van der Waals surface area contributed by atoms with Crippen molar-refractivity contribution in [3.63, 3.8) is 0 Å². The summed E-state index contributed by atoms with van der Waals surface area (Å²) in [6, 6.07) is 1.29. The Labute approximate surface area is 128 Å². The van der Waals surface area contributed by atoms with E-state index in [2.05, 4.69) is 31.1 Å². The minimum atomic E-state index is -4.23. The molecule has 0 unspecified atom stereocenters. The maximum Gasteiger partial charge on any atom is 0.389 e. The van der Waals surface area contributed by atoms with E-state index < -0.39 is 22.6 Å². The molecule has 1 aromatic rings. The van der Waals surface area contributed by atoms with Crippen LogP contribution in [0.1, 0.15) is 19.3 Å². The molecule has 6 nitrogen and oxygen atoms in total. The van der Waals surface area contributed by atoms with Crippen LogP contribution in [0.4, 0.5) is 19.0 Å². The van der Waals surface area contributed by atoms with Gasteiger partial charge in [0.05, 0.1) is 0 Å². The summed E-state index contributed by atoms with van der Waals surface area (Å²) in [6.45, 7) is -0.102. The number of nitrogens with zero attached hydrogens (tertiary/aromatic N) is 1. The van der Waals surface area contributed by atoms with E-state index in [-0.39, 0.29) is 30.1 Å². The van der Waals surface area contributed by atoms with Gasteiger partial charge in [-0.15, -0.1) is 0 Å². The second-order valence-electron chi connectivity index (χ2n) is 4.11. The van der Waals surface area contributed by atoms with Gasteiger partial charge in [0.15, 0.2) is 5.82 Å². The summed E-state index contributed by atoms with van der Waals surface area (Å²) in [4.78, 5) is 3.60. The highest BCUT2D eigenvalue weighted by Crippen LogP contribution is 2.23. The third kappa shape index (κ3) is 6.16. The number of hydrogen-bond acceptors (Lipinski definition) is 5. The molecule has 120 valence electrons. The van der Waals surface area contributed by atoms with Gasteiger partial charge in [-0.3, -0.25) is 0 Å². The van der Waals surface area contributed by atoms with E-state index in [0.717, 1.165) is 0 Å². The number of alkyl halides is 3. The molecule has 0 saturated carbocycles. The van der Waals surface area contributed by atoms with Crippen molar-refractivity contribution < 1.29 is 21.6 Å². The van der Waals surface area contributed by atoms with Crippen LogP contribution in [-0.4, -0.2) is 26.1 Å². The Bertz CT molecular complexity index is 580. The number of hydrazine groups is 1. The number of halogens is 4. The number of nitrogens with one attached hydrogen (secondary N) is 2. The molecule has 0 atom stereocenters. The largest absolute Gasteiger partial charge is 0.389 e. The van der Waals surface area contributed by atoms with Crippen LogP contribution in [0.15, 0.2) is 21.6 Å². The normalized spacial score (nSPS) is 12.4. The van der Waals surface area contributed by atoms with E-state index in [1.165, 1.54) is 12.3 Å². The molecule has 11 heteroatoms. The van der Waals surface area contributed by atoms with Gasteiger partial charge < -0.3 is 5.43 Å². The minimum absolute atomic E-state index is 0.0546. The van der Waals surface area contributed by atoms with E-state index in [0.29, 0.717) is 4.47 Å². The smallest absolute Gasteiger partial charge is 0.307 e. The van der Waals surface area contributed by atoms with Crippen LogP contribution in [0.5, 0.6) is 0 Å². The Morgan fingerprint density at radius 2 is 2.00 bits per heavy atom. The summed E-state index contributed by atoms with van der Waals surface area (Å²) in [7, 11) is -3.91. The van der Waals surface area contributed by atoms with Crippen molar-refractivity contribution >= 4 is 31.8 Å². The number of aromatic nitrogens is 1. The molecule has 0 aliphatic rings. The number of anilines is 1. The first-order valence-electron chi connectivity index (χ1n) is 5.84. The van der Waals surface area contributed by atoms with Crippen LogP contribution in [0.25, 0.3) is 0 Å². The van der Waals surface area contributed by atoms with Gasteiger partial charge >= 0.3 is 6.18 Å². The van der Waals surface area contributed by atoms with Gasteiger partial charge in [0.25, 0.3) is 0 Å². The first kappa shape index (κ1) is 18.1. The molecule has 1 aromatic heterocycles. The van der Waals surface area contributed by atoms with E-state index in [1.807, 2.05) is 0 Å². The third-order valence-corrected chi connectivity index (χ3v) is 4.33. The highest BCUT2D eigenvalue weighted by molar-refractivity contribution is 9.10. The number of rotatable bonds is 7. The Morgan fingerprint density at radius 1 is 1.33 bits per heavy atom. The molecule has 0 aromatic carbocycles. The molecule has 4 N–H and O–H groups in total. The Balaban J connectivity index is 2.64. The molecule has 0 saturated heterocycles. The molecule has 0 amide bonds. The summed E-state index contributed by atoms with van der Waals surface area (Å²) < 4.78 is 62.6. The van der Waals surface area contributed by atoms with Gasteiger partial charge in [-0.2, -0.15) is 13.2 Å². The summed E-state index contributed by atoms with van der Waals surface area (Å²) in [5.74, 6) is 5.12. The molecular weight excluding hydrogens is 377 g/mol. The summed E-state index contributed by atoms with van der Waals surface area (Å²) in [6.07, 6.45) is -3.89. The predicted molar refractivity (Wildman–Crippen MR) is 74.8 cm³/mol. The number of nitrogen functional groups attached to an aromatic ring is 1. The molecule has 0 fully saturated rings. The SMILES string of the molecule is NNc1ncc(Br)cc1S(=O)(=O)NCCCCC(F)(F)F. The zero-order valence-corrected chi connectivity index (χ0v) is 13.1. The fraction of sp³-hybridized carbons (Fsp3) is 0.500. The first-order chi connectivity index (χ1) is 9.65. The maximum absolute atomic E-state index is 12.0. The standard InChI is InChI=1S/C10H14BrF3N4O2S/c11-7-5-8(9(18-15)16-6-7)21(19,20)17-4-2-1-3-10(12,13)14/h5-6,17H,1-4,15H2,(H,16,18). The third-order valence-electron chi connectivity index (χ3n) is 2.42. The molecule has 1 rings (SSSR count). The molecule has 21 heavy (non-hydrogen) atoms. The Morgan fingerprint density at radius 3 is 2.57 bits per heavy atom. The lowest BCUT2D eigenvalue weighted by atomic mass is 10.2. The zero-order chi connectivity index (χ0) is 16.1. The van der Waals surface area contributed by atoms with Gasteiger partial charge in [-0.1, -0.05) is 0 Å². The quantitative estimate of drug-likeness (QED) is 0.376. The molecule has 0 radical (unpaired) electrons. The van der Waals surface area contributed by atoms with E-state index in [9.17, 15) is 21.6 Å². The van der Waals surface area contributed by atoms with Crippen molar-refractivity contribution in [2.24, 2.45) is 5.84 Å². The van der Waals surface area contributed by atoms with Crippen LogP contribution in [0.3, 0.4) is 0 Å². The topological polar surface area (TPSA) is 97.1 Å². The van der Waals surface area contributed by atoms with Gasteiger partial charge in [-0.05, 0) is 34.8 Å². The Kier molecular flexibility index (Phi) is 6.38. The second-order valence-corrected chi connectivity index (χ2v) is 6.77. The number of hydrogen-bond donors (Lipinski definition) is 3. The van der Waals surface area contributed by atoms with E-state index >= 15 is 0 Å². The van der Waals surface area contributed by atoms with Crippen molar-refractivity contribution in [3.8, 4) is 0 Å². The van der Waals surface area contributed by atoms with Crippen LogP contribution in [0.2, 0.25) is 0 Å². The number of unbranched alkanes of at least 4 members (excludes halogenated alkanes) is 1. The zero-order valence-electron chi connectivity index (χ0n) is 10.7. The van der Waals surface area contributed by atoms with Crippen molar-refractivity contribution in [2.45, 2.75) is 30.3 Å². The molecule has 1 heterocycles. The molecular formula is C10H14BrF3N4O2S. The lowest BCUT2D eigenvalue weighted by molar-refractivity contribution is -0.135. The molecule has 0 bridgehead atoms. The lowest BCUT2D eigenvalue weighted by Crippen LogP contribution is -2.27. The van der Waals surface area contributed by atoms with Gasteiger partial charge in [0.1, 0.15) is 4.90 Å². The summed E-state index contributed by atoms with van der Waals surface area (Å²) in [5.41, 5.74) is 2.15. The Hall–Kier alpha value is -0.910. The molecule has 0 aliphatic heterocycles. The maximum atomic E-state index is 12.0. The second kappa shape index (κ2) is 7.38. The lowest BCUT2D eigenvalue weighted by Gasteiger charge is -2.11. The highest BCUT2D eigenvalue weighted by atomic mass is 79.9. The summed E-state index contributed by atoms with van der Waals surface area (Å²) in [5, 5.41) is 0. The van der Waals surface area contributed by atoms with Crippen molar-refractivity contribution in [1.29, 1.82) is 0 Å². The van der Waals surface area contributed by atoms with Gasteiger partial charge in [0, 0.05) is 23.6 Å². The fourth-order valence-electron chi connectivity index (χ4n) is 1.47. The van der Waals surface area contributed by atoms with Gasteiger partial charge in [-0.25, -0.2) is 24.0 Å². The number of nitrogens with two attached hydrogens (primary N) is 1.